The Bertz CT molecular complexity index is 2290. The van der Waals surface area contributed by atoms with Crippen LogP contribution in [-0.2, 0) is 26.3 Å². The van der Waals surface area contributed by atoms with Gasteiger partial charge in [-0.25, -0.2) is 0 Å². The van der Waals surface area contributed by atoms with Crippen molar-refractivity contribution in [3.8, 4) is 11.5 Å². The zero-order chi connectivity index (χ0) is 34.6. The highest BCUT2D eigenvalue weighted by Gasteiger charge is 2.54. The number of benzene rings is 7. The predicted molar refractivity (Wildman–Crippen MR) is 201 cm³/mol. The molecule has 9 rings (SSSR count). The van der Waals surface area contributed by atoms with Crippen molar-refractivity contribution in [1.29, 1.82) is 0 Å². The molecule has 0 N–H and O–H groups in total. The maximum atomic E-state index is 14.2. The van der Waals surface area contributed by atoms with Gasteiger partial charge in [0.2, 0.25) is 5.91 Å². The molecular formula is C45H39NO5. The molecule has 2 bridgehead atoms. The van der Waals surface area contributed by atoms with Gasteiger partial charge in [0, 0.05) is 6.42 Å². The summed E-state index contributed by atoms with van der Waals surface area (Å²) < 4.78 is 24.8. The average molecular weight is 674 g/mol. The first-order chi connectivity index (χ1) is 25.0. The number of likely N-dealkylation sites (tertiary alicyclic amines) is 1. The lowest BCUT2D eigenvalue weighted by molar-refractivity contribution is -0.146. The highest BCUT2D eigenvalue weighted by Crippen LogP contribution is 2.45. The van der Waals surface area contributed by atoms with Gasteiger partial charge in [0.15, 0.2) is 0 Å². The van der Waals surface area contributed by atoms with Crippen LogP contribution >= 0.6 is 0 Å². The van der Waals surface area contributed by atoms with Crippen LogP contribution in [0.3, 0.4) is 0 Å². The fourth-order valence-electron chi connectivity index (χ4n) is 8.54. The Kier molecular flexibility index (Phi) is 7.68. The molecule has 2 saturated heterocycles. The molecule has 2 aliphatic rings. The normalized spacial score (nSPS) is 18.6. The lowest BCUT2D eigenvalue weighted by atomic mass is 9.79. The average Bonchev–Trinajstić information content (AvgIpc) is 3.78. The van der Waals surface area contributed by atoms with Crippen molar-refractivity contribution in [2.24, 2.45) is 0 Å². The van der Waals surface area contributed by atoms with Gasteiger partial charge in [-0.1, -0.05) is 109 Å². The molecule has 0 aliphatic carbocycles. The number of hydrogen-bond acceptors (Lipinski definition) is 5. The molecular weight excluding hydrogens is 634 g/mol. The van der Waals surface area contributed by atoms with Crippen LogP contribution in [0.2, 0.25) is 0 Å². The molecule has 1 amide bonds. The number of rotatable bonds is 10. The van der Waals surface area contributed by atoms with Crippen LogP contribution in [0.5, 0.6) is 11.5 Å². The number of ether oxygens (including phenoxy) is 4. The summed E-state index contributed by atoms with van der Waals surface area (Å²) in [5.74, 6) is 1.66. The van der Waals surface area contributed by atoms with E-state index < -0.39 is 11.2 Å². The summed E-state index contributed by atoms with van der Waals surface area (Å²) in [4.78, 5) is 16.2. The Balaban J connectivity index is 1.03. The zero-order valence-electron chi connectivity index (χ0n) is 28.8. The van der Waals surface area contributed by atoms with Gasteiger partial charge in [-0.3, -0.25) is 4.79 Å². The Morgan fingerprint density at radius 2 is 1.29 bits per heavy atom. The van der Waals surface area contributed by atoms with Crippen LogP contribution < -0.4 is 9.47 Å². The van der Waals surface area contributed by atoms with Crippen molar-refractivity contribution < 1.29 is 23.7 Å². The Morgan fingerprint density at radius 3 is 1.94 bits per heavy atom. The second-order valence-corrected chi connectivity index (χ2v) is 13.9. The van der Waals surface area contributed by atoms with E-state index >= 15 is 0 Å². The monoisotopic (exact) mass is 673 g/mol. The minimum atomic E-state index is -0.963. The van der Waals surface area contributed by atoms with Crippen molar-refractivity contribution in [3.63, 3.8) is 0 Å². The van der Waals surface area contributed by atoms with Gasteiger partial charge in [0.1, 0.15) is 22.7 Å². The topological polar surface area (TPSA) is 57.2 Å². The van der Waals surface area contributed by atoms with Crippen LogP contribution in [0.4, 0.5) is 0 Å². The number of morpholine rings is 1. The number of amides is 1. The molecule has 254 valence electrons. The van der Waals surface area contributed by atoms with Crippen LogP contribution in [0.15, 0.2) is 133 Å². The Morgan fingerprint density at radius 1 is 0.706 bits per heavy atom. The molecule has 7 aromatic carbocycles. The van der Waals surface area contributed by atoms with E-state index in [1.54, 1.807) is 14.2 Å². The van der Waals surface area contributed by atoms with Crippen LogP contribution in [0.1, 0.15) is 28.7 Å². The van der Waals surface area contributed by atoms with Gasteiger partial charge in [0.25, 0.3) is 0 Å². The minimum absolute atomic E-state index is 0.00832. The third-order valence-electron chi connectivity index (χ3n) is 11.1. The molecule has 0 radical (unpaired) electrons. The number of hydrogen-bond donors (Lipinski definition) is 0. The lowest BCUT2D eigenvalue weighted by Crippen LogP contribution is -2.49. The summed E-state index contributed by atoms with van der Waals surface area (Å²) in [6, 6.07) is 45.9. The third-order valence-corrected chi connectivity index (χ3v) is 11.1. The maximum absolute atomic E-state index is 14.2. The smallest absolute Gasteiger partial charge is 0.227 e. The number of carbonyl (C=O) groups is 1. The van der Waals surface area contributed by atoms with Crippen molar-refractivity contribution in [2.45, 2.75) is 30.1 Å². The SMILES string of the molecule is COc1ccc(C(OCC23CC(CO2)N(C(=O)Cc2ccc4ccc5cccc6ccc2c4c56)C3)(c2ccccc2)c2ccc(OC)cc2)cc1. The third kappa shape index (κ3) is 5.21. The highest BCUT2D eigenvalue weighted by molar-refractivity contribution is 6.23. The summed E-state index contributed by atoms with van der Waals surface area (Å²) in [5, 5.41) is 7.30. The molecule has 2 heterocycles. The first-order valence-electron chi connectivity index (χ1n) is 17.6. The summed E-state index contributed by atoms with van der Waals surface area (Å²) in [6.45, 7) is 1.29. The summed E-state index contributed by atoms with van der Waals surface area (Å²) in [5.41, 5.74) is 2.39. The molecule has 51 heavy (non-hydrogen) atoms. The largest absolute Gasteiger partial charge is 0.497 e. The van der Waals surface area contributed by atoms with Crippen molar-refractivity contribution >= 4 is 38.2 Å². The molecule has 2 fully saturated rings. The molecule has 6 heteroatoms. The summed E-state index contributed by atoms with van der Waals surface area (Å²) in [6.07, 6.45) is 1.07. The van der Waals surface area contributed by atoms with Crippen LogP contribution in [0, 0.1) is 0 Å². The van der Waals surface area contributed by atoms with E-state index in [4.69, 9.17) is 18.9 Å². The second kappa shape index (κ2) is 12.4. The molecule has 0 aromatic heterocycles. The standard InChI is InChI=1S/C45H39NO5/c1-48-38-20-16-35(17-21-38)45(34-9-4-3-5-10-34,36-18-22-39(49-2)23-19-36)51-29-44-26-37(27-50-44)46(28-44)41(47)25-33-14-13-32-12-11-30-7-6-8-31-15-24-40(33)43(32)42(30)31/h3-24,37H,25-29H2,1-2H3. The number of fused-ring (bicyclic) bond motifs is 2. The molecule has 6 nitrogen and oxygen atoms in total. The highest BCUT2D eigenvalue weighted by atomic mass is 16.6. The van der Waals surface area contributed by atoms with Gasteiger partial charge in [-0.15, -0.1) is 0 Å². The Labute approximate surface area is 297 Å². The Hall–Kier alpha value is -5.43. The fraction of sp³-hybridized carbons (Fsp3) is 0.222. The number of carbonyl (C=O) groups excluding carboxylic acids is 1. The first kappa shape index (κ1) is 31.5. The summed E-state index contributed by atoms with van der Waals surface area (Å²) in [7, 11) is 3.34. The summed E-state index contributed by atoms with van der Waals surface area (Å²) >= 11 is 0. The predicted octanol–water partition coefficient (Wildman–Crippen LogP) is 8.52. The van der Waals surface area contributed by atoms with Gasteiger partial charge < -0.3 is 23.8 Å². The van der Waals surface area contributed by atoms with Crippen molar-refractivity contribution in [3.05, 3.63) is 156 Å². The van der Waals surface area contributed by atoms with E-state index in [1.807, 2.05) is 47.4 Å². The van der Waals surface area contributed by atoms with Gasteiger partial charge in [0.05, 0.1) is 46.4 Å². The number of methoxy groups -OCH3 is 2. The minimum Gasteiger partial charge on any atom is -0.497 e. The van der Waals surface area contributed by atoms with Crippen LogP contribution in [0.25, 0.3) is 32.3 Å². The van der Waals surface area contributed by atoms with Gasteiger partial charge >= 0.3 is 0 Å². The van der Waals surface area contributed by atoms with E-state index in [-0.39, 0.29) is 11.9 Å². The quantitative estimate of drug-likeness (QED) is 0.108. The molecule has 2 atom stereocenters. The second-order valence-electron chi connectivity index (χ2n) is 13.9. The van der Waals surface area contributed by atoms with E-state index in [0.29, 0.717) is 26.2 Å². The number of nitrogens with zero attached hydrogens (tertiary/aromatic N) is 1. The van der Waals surface area contributed by atoms with Crippen molar-refractivity contribution in [1.82, 2.24) is 4.90 Å². The molecule has 2 aliphatic heterocycles. The van der Waals surface area contributed by atoms with E-state index in [2.05, 4.69) is 91.0 Å². The molecule has 2 unspecified atom stereocenters. The fourth-order valence-corrected chi connectivity index (χ4v) is 8.54. The molecule has 0 saturated carbocycles. The lowest BCUT2D eigenvalue weighted by Gasteiger charge is -2.40. The van der Waals surface area contributed by atoms with E-state index in [0.717, 1.165) is 45.6 Å². The van der Waals surface area contributed by atoms with Gasteiger partial charge in [-0.2, -0.15) is 0 Å². The molecule has 0 spiro atoms. The van der Waals surface area contributed by atoms with Gasteiger partial charge in [-0.05, 0) is 78.8 Å². The van der Waals surface area contributed by atoms with E-state index in [9.17, 15) is 4.79 Å². The maximum Gasteiger partial charge on any atom is 0.227 e. The zero-order valence-corrected chi connectivity index (χ0v) is 28.8. The van der Waals surface area contributed by atoms with E-state index in [1.165, 1.54) is 26.9 Å². The van der Waals surface area contributed by atoms with Crippen molar-refractivity contribution in [2.75, 3.05) is 34.0 Å². The first-order valence-corrected chi connectivity index (χ1v) is 17.6. The van der Waals surface area contributed by atoms with Crippen LogP contribution in [-0.4, -0.2) is 56.4 Å². The molecule has 7 aromatic rings.